The second-order valence-corrected chi connectivity index (χ2v) is 8.97. The number of aliphatic hydroxyl groups is 1. The molecule has 1 amide bonds. The summed E-state index contributed by atoms with van der Waals surface area (Å²) >= 11 is 5.97. The average molecular weight is 513 g/mol. The fourth-order valence-electron chi connectivity index (χ4n) is 4.27. The number of amides is 1. The monoisotopic (exact) mass is 512 g/mol. The topological polar surface area (TPSA) is 127 Å². The predicted molar refractivity (Wildman–Crippen MR) is 134 cm³/mol. The van der Waals surface area contributed by atoms with E-state index in [9.17, 15) is 14.7 Å². The molecule has 1 aromatic heterocycles. The van der Waals surface area contributed by atoms with Gasteiger partial charge >= 0.3 is 5.97 Å². The maximum absolute atomic E-state index is 15.0. The molecule has 188 valence electrons. The quantitative estimate of drug-likeness (QED) is 0.358. The van der Waals surface area contributed by atoms with E-state index in [2.05, 4.69) is 15.6 Å². The van der Waals surface area contributed by atoms with Crippen molar-refractivity contribution in [2.75, 3.05) is 25.9 Å². The molecular formula is C26H26ClFN4O4. The first-order valence-electron chi connectivity index (χ1n) is 11.4. The number of carbonyl (C=O) groups excluding carboxylic acids is 2. The van der Waals surface area contributed by atoms with Crippen molar-refractivity contribution in [1.29, 1.82) is 0 Å². The summed E-state index contributed by atoms with van der Waals surface area (Å²) < 4.78 is 20.4. The van der Waals surface area contributed by atoms with Gasteiger partial charge in [-0.25, -0.2) is 14.2 Å². The number of rotatable bonds is 7. The Balaban J connectivity index is 1.54. The number of aromatic nitrogens is 1. The van der Waals surface area contributed by atoms with Crippen LogP contribution in [0.4, 0.5) is 10.2 Å². The molecule has 10 heteroatoms. The standard InChI is InChI=1S/C26H26ClFN4O4/c1-30-25(34)22-10-17(11-31-22)16-8-20(24(29)32-12-16)14-5-6-19(21(28)9-14)26(35)36-23(13-33)15-3-2-4-18(27)7-15/h2-9,12,17,22-23,31,33H,10-11,13H2,1H3,(H2,29,32)(H,30,34)/t17-,22-,23+/m0/s1. The number of nitrogen functional groups attached to an aromatic ring is 1. The molecule has 1 aliphatic heterocycles. The molecule has 0 radical (unpaired) electrons. The Morgan fingerprint density at radius 1 is 1.31 bits per heavy atom. The van der Waals surface area contributed by atoms with Gasteiger partial charge in [0.25, 0.3) is 0 Å². The van der Waals surface area contributed by atoms with E-state index in [4.69, 9.17) is 22.1 Å². The van der Waals surface area contributed by atoms with Crippen molar-refractivity contribution in [3.8, 4) is 11.1 Å². The van der Waals surface area contributed by atoms with Crippen LogP contribution in [0.25, 0.3) is 11.1 Å². The number of ether oxygens (including phenoxy) is 1. The molecule has 0 unspecified atom stereocenters. The summed E-state index contributed by atoms with van der Waals surface area (Å²) in [7, 11) is 1.59. The van der Waals surface area contributed by atoms with E-state index >= 15 is 4.39 Å². The molecule has 1 fully saturated rings. The Kier molecular flexibility index (Phi) is 7.83. The lowest BCUT2D eigenvalue weighted by Gasteiger charge is -2.17. The van der Waals surface area contributed by atoms with Gasteiger partial charge in [0.05, 0.1) is 18.2 Å². The molecule has 2 aromatic carbocycles. The number of nitrogens with zero attached hydrogens (tertiary/aromatic N) is 1. The molecule has 4 rings (SSSR count). The van der Waals surface area contributed by atoms with Gasteiger partial charge in [0.15, 0.2) is 6.10 Å². The highest BCUT2D eigenvalue weighted by Crippen LogP contribution is 2.33. The smallest absolute Gasteiger partial charge is 0.341 e. The first kappa shape index (κ1) is 25.6. The number of nitrogens with one attached hydrogen (secondary N) is 2. The second kappa shape index (κ2) is 11.0. The lowest BCUT2D eigenvalue weighted by atomic mass is 9.94. The van der Waals surface area contributed by atoms with E-state index in [1.54, 1.807) is 43.6 Å². The van der Waals surface area contributed by atoms with Crippen molar-refractivity contribution >= 4 is 29.3 Å². The van der Waals surface area contributed by atoms with Gasteiger partial charge in [-0.05, 0) is 59.4 Å². The fraction of sp³-hybridized carbons (Fsp3) is 0.269. The number of pyridine rings is 1. The number of carbonyl (C=O) groups is 2. The summed E-state index contributed by atoms with van der Waals surface area (Å²) in [6, 6.07) is 12.1. The summed E-state index contributed by atoms with van der Waals surface area (Å²) in [4.78, 5) is 28.9. The van der Waals surface area contributed by atoms with Crippen molar-refractivity contribution in [3.63, 3.8) is 0 Å². The Hall–Kier alpha value is -3.53. The van der Waals surface area contributed by atoms with Crippen LogP contribution in [0, 0.1) is 5.82 Å². The van der Waals surface area contributed by atoms with E-state index in [1.807, 2.05) is 6.07 Å². The number of benzene rings is 2. The first-order valence-corrected chi connectivity index (χ1v) is 11.8. The number of nitrogens with two attached hydrogens (primary N) is 1. The van der Waals surface area contributed by atoms with Gasteiger partial charge < -0.3 is 26.2 Å². The molecule has 36 heavy (non-hydrogen) atoms. The van der Waals surface area contributed by atoms with Gasteiger partial charge in [0.1, 0.15) is 11.6 Å². The van der Waals surface area contributed by atoms with E-state index in [0.29, 0.717) is 34.7 Å². The highest BCUT2D eigenvalue weighted by Gasteiger charge is 2.30. The third kappa shape index (κ3) is 5.48. The maximum atomic E-state index is 15.0. The molecule has 1 saturated heterocycles. The Bertz CT molecular complexity index is 1290. The zero-order valence-electron chi connectivity index (χ0n) is 19.5. The van der Waals surface area contributed by atoms with Crippen LogP contribution in [0.2, 0.25) is 5.02 Å². The van der Waals surface area contributed by atoms with Crippen LogP contribution in [-0.2, 0) is 9.53 Å². The summed E-state index contributed by atoms with van der Waals surface area (Å²) in [5.74, 6) is -1.55. The average Bonchev–Trinajstić information content (AvgIpc) is 3.37. The highest BCUT2D eigenvalue weighted by atomic mass is 35.5. The van der Waals surface area contributed by atoms with E-state index in [-0.39, 0.29) is 29.2 Å². The first-order chi connectivity index (χ1) is 17.3. The summed E-state index contributed by atoms with van der Waals surface area (Å²) in [5, 5.41) is 15.9. The maximum Gasteiger partial charge on any atom is 0.341 e. The van der Waals surface area contributed by atoms with E-state index < -0.39 is 24.5 Å². The molecule has 2 heterocycles. The van der Waals surface area contributed by atoms with Gasteiger partial charge in [-0.3, -0.25) is 4.79 Å². The molecule has 8 nitrogen and oxygen atoms in total. The Morgan fingerprint density at radius 2 is 2.11 bits per heavy atom. The molecular weight excluding hydrogens is 487 g/mol. The second-order valence-electron chi connectivity index (χ2n) is 8.54. The molecule has 1 aliphatic rings. The number of hydrogen-bond donors (Lipinski definition) is 4. The Morgan fingerprint density at radius 3 is 2.81 bits per heavy atom. The SMILES string of the molecule is CNC(=O)[C@@H]1C[C@H](c2cnc(N)c(-c3ccc(C(=O)O[C@H](CO)c4cccc(Cl)c4)c(F)c3)c2)CN1. The minimum absolute atomic E-state index is 0.0418. The lowest BCUT2D eigenvalue weighted by Crippen LogP contribution is -2.38. The third-order valence-electron chi connectivity index (χ3n) is 6.24. The minimum Gasteiger partial charge on any atom is -0.451 e. The van der Waals surface area contributed by atoms with E-state index in [1.165, 1.54) is 12.1 Å². The van der Waals surface area contributed by atoms with E-state index in [0.717, 1.165) is 5.56 Å². The van der Waals surface area contributed by atoms with Crippen LogP contribution < -0.4 is 16.4 Å². The van der Waals surface area contributed by atoms with Gasteiger partial charge in [-0.15, -0.1) is 0 Å². The molecule has 0 spiro atoms. The largest absolute Gasteiger partial charge is 0.451 e. The zero-order valence-corrected chi connectivity index (χ0v) is 20.3. The van der Waals surface area contributed by atoms with Crippen LogP contribution in [0.1, 0.15) is 39.9 Å². The zero-order chi connectivity index (χ0) is 25.8. The molecule has 0 saturated carbocycles. The van der Waals surface area contributed by atoms with Crippen molar-refractivity contribution in [2.24, 2.45) is 0 Å². The van der Waals surface area contributed by atoms with Gasteiger partial charge in [-0.2, -0.15) is 0 Å². The van der Waals surface area contributed by atoms with Gasteiger partial charge in [-0.1, -0.05) is 29.8 Å². The van der Waals surface area contributed by atoms with Crippen LogP contribution in [0.3, 0.4) is 0 Å². The van der Waals surface area contributed by atoms with Gasteiger partial charge in [0, 0.05) is 30.4 Å². The minimum atomic E-state index is -0.995. The number of likely N-dealkylation sites (N-methyl/N-ethyl adjacent to an activating group) is 1. The number of halogens is 2. The molecule has 0 bridgehead atoms. The molecule has 0 aliphatic carbocycles. The molecule has 3 aromatic rings. The normalized spacial score (nSPS) is 18.0. The van der Waals surface area contributed by atoms with Gasteiger partial charge in [0.2, 0.25) is 5.91 Å². The van der Waals surface area contributed by atoms with Crippen LogP contribution in [0.15, 0.2) is 54.7 Å². The van der Waals surface area contributed by atoms with Crippen LogP contribution in [-0.4, -0.2) is 48.2 Å². The highest BCUT2D eigenvalue weighted by molar-refractivity contribution is 6.30. The predicted octanol–water partition coefficient (Wildman–Crippen LogP) is 3.21. The third-order valence-corrected chi connectivity index (χ3v) is 6.48. The van der Waals surface area contributed by atoms with Crippen molar-refractivity contribution in [2.45, 2.75) is 24.5 Å². The van der Waals surface area contributed by atoms with Crippen molar-refractivity contribution in [3.05, 3.63) is 82.3 Å². The number of hydrogen-bond acceptors (Lipinski definition) is 7. The van der Waals surface area contributed by atoms with Crippen LogP contribution in [0.5, 0.6) is 0 Å². The molecule has 3 atom stereocenters. The van der Waals surface area contributed by atoms with Crippen molar-refractivity contribution < 1.29 is 23.8 Å². The number of aliphatic hydroxyl groups excluding tert-OH is 1. The number of esters is 1. The fourth-order valence-corrected chi connectivity index (χ4v) is 4.47. The lowest BCUT2D eigenvalue weighted by molar-refractivity contribution is -0.122. The molecule has 5 N–H and O–H groups in total. The summed E-state index contributed by atoms with van der Waals surface area (Å²) in [5.41, 5.74) is 8.12. The number of anilines is 1. The summed E-state index contributed by atoms with van der Waals surface area (Å²) in [6.07, 6.45) is 1.26. The summed E-state index contributed by atoms with van der Waals surface area (Å²) in [6.45, 7) is 0.110. The van der Waals surface area contributed by atoms with Crippen molar-refractivity contribution in [1.82, 2.24) is 15.6 Å². The van der Waals surface area contributed by atoms with Crippen LogP contribution >= 0.6 is 11.6 Å². The Labute approximate surface area is 212 Å².